The summed E-state index contributed by atoms with van der Waals surface area (Å²) in [6.45, 7) is 2.81. The monoisotopic (exact) mass is 278 g/mol. The third kappa shape index (κ3) is 2.11. The minimum atomic E-state index is 0.381. The second kappa shape index (κ2) is 4.93. The van der Waals surface area contributed by atoms with Gasteiger partial charge in [-0.05, 0) is 52.5 Å². The van der Waals surface area contributed by atoms with Crippen LogP contribution >= 0.6 is 15.9 Å². The van der Waals surface area contributed by atoms with Gasteiger partial charge in [0.05, 0.1) is 5.52 Å². The molecule has 0 fully saturated rings. The molecule has 2 N–H and O–H groups in total. The lowest BCUT2D eigenvalue weighted by atomic mass is 9.97. The number of benzene rings is 1. The van der Waals surface area contributed by atoms with Crippen molar-refractivity contribution in [2.75, 3.05) is 6.54 Å². The molecule has 0 bridgehead atoms. The van der Waals surface area contributed by atoms with E-state index in [-0.39, 0.29) is 0 Å². The van der Waals surface area contributed by atoms with E-state index >= 15 is 0 Å². The van der Waals surface area contributed by atoms with Crippen LogP contribution in [0.3, 0.4) is 0 Å². The molecule has 0 aliphatic rings. The van der Waals surface area contributed by atoms with Crippen molar-refractivity contribution in [1.29, 1.82) is 0 Å². The van der Waals surface area contributed by atoms with E-state index in [4.69, 9.17) is 5.73 Å². The fraction of sp³-hybridized carbons (Fsp3) is 0.308. The number of para-hydroxylation sites is 1. The van der Waals surface area contributed by atoms with Crippen LogP contribution < -0.4 is 5.73 Å². The topological polar surface area (TPSA) is 38.9 Å². The summed E-state index contributed by atoms with van der Waals surface area (Å²) in [4.78, 5) is 4.55. The van der Waals surface area contributed by atoms with Crippen LogP contribution in [0, 0.1) is 0 Å². The summed E-state index contributed by atoms with van der Waals surface area (Å²) in [6.07, 6.45) is 1.04. The zero-order valence-corrected chi connectivity index (χ0v) is 10.9. The minimum absolute atomic E-state index is 0.381. The van der Waals surface area contributed by atoms with Crippen LogP contribution in [0.15, 0.2) is 34.9 Å². The summed E-state index contributed by atoms with van der Waals surface area (Å²) in [7, 11) is 0. The van der Waals surface area contributed by atoms with E-state index in [1.54, 1.807) is 0 Å². The molecule has 1 heterocycles. The molecule has 84 valence electrons. The Morgan fingerprint density at radius 3 is 2.81 bits per heavy atom. The van der Waals surface area contributed by atoms with Gasteiger partial charge in [0.2, 0.25) is 0 Å². The molecule has 0 aliphatic heterocycles. The Balaban J connectivity index is 2.57. The van der Waals surface area contributed by atoms with E-state index in [0.717, 1.165) is 16.5 Å². The normalized spacial score (nSPS) is 12.9. The van der Waals surface area contributed by atoms with Crippen molar-refractivity contribution >= 4 is 26.8 Å². The van der Waals surface area contributed by atoms with Gasteiger partial charge in [0.25, 0.3) is 0 Å². The third-order valence-corrected chi connectivity index (χ3v) is 3.56. The zero-order chi connectivity index (χ0) is 11.5. The summed E-state index contributed by atoms with van der Waals surface area (Å²) in [5.74, 6) is 0.381. The van der Waals surface area contributed by atoms with Crippen molar-refractivity contribution in [2.24, 2.45) is 5.73 Å². The average molecular weight is 279 g/mol. The molecule has 1 unspecified atom stereocenters. The first-order valence-electron chi connectivity index (χ1n) is 5.51. The second-order valence-corrected chi connectivity index (χ2v) is 4.65. The van der Waals surface area contributed by atoms with Crippen molar-refractivity contribution < 1.29 is 0 Å². The maximum Gasteiger partial charge on any atom is 0.110 e. The molecule has 0 saturated carbocycles. The molecule has 0 saturated heterocycles. The first-order valence-corrected chi connectivity index (χ1v) is 6.30. The van der Waals surface area contributed by atoms with Gasteiger partial charge in [0.15, 0.2) is 0 Å². The predicted molar refractivity (Wildman–Crippen MR) is 71.5 cm³/mol. The molecule has 3 heteroatoms. The minimum Gasteiger partial charge on any atom is -0.330 e. The maximum absolute atomic E-state index is 5.78. The van der Waals surface area contributed by atoms with Gasteiger partial charge in [-0.25, -0.2) is 4.98 Å². The Labute approximate surface area is 104 Å². The van der Waals surface area contributed by atoms with Crippen LogP contribution in [0.4, 0.5) is 0 Å². The molecule has 0 amide bonds. The second-order valence-electron chi connectivity index (χ2n) is 3.90. The summed E-state index contributed by atoms with van der Waals surface area (Å²) >= 11 is 3.53. The maximum atomic E-state index is 5.78. The lowest BCUT2D eigenvalue weighted by molar-refractivity contribution is 0.669. The number of hydrogen-bond donors (Lipinski definition) is 1. The number of halogens is 1. The molecule has 1 atom stereocenters. The number of nitrogens with zero attached hydrogens (tertiary/aromatic N) is 1. The fourth-order valence-corrected chi connectivity index (χ4v) is 2.54. The Bertz CT molecular complexity index is 492. The van der Waals surface area contributed by atoms with E-state index in [1.165, 1.54) is 10.9 Å². The molecule has 1 aromatic heterocycles. The molecule has 2 rings (SSSR count). The highest BCUT2D eigenvalue weighted by molar-refractivity contribution is 9.10. The van der Waals surface area contributed by atoms with Gasteiger partial charge in [-0.2, -0.15) is 0 Å². The SMILES string of the molecule is CCC(CN)c1cc2ccccc2nc1Br. The van der Waals surface area contributed by atoms with Gasteiger partial charge in [-0.15, -0.1) is 0 Å². The molecule has 2 nitrogen and oxygen atoms in total. The van der Waals surface area contributed by atoms with E-state index < -0.39 is 0 Å². The van der Waals surface area contributed by atoms with Crippen molar-refractivity contribution in [3.63, 3.8) is 0 Å². The molecule has 0 spiro atoms. The van der Waals surface area contributed by atoms with Crippen molar-refractivity contribution in [2.45, 2.75) is 19.3 Å². The molecular formula is C13H15BrN2. The summed E-state index contributed by atoms with van der Waals surface area (Å²) in [6, 6.07) is 10.3. The highest BCUT2D eigenvalue weighted by Gasteiger charge is 2.12. The van der Waals surface area contributed by atoms with Gasteiger partial charge >= 0.3 is 0 Å². The predicted octanol–water partition coefficient (Wildman–Crippen LogP) is 3.45. The summed E-state index contributed by atoms with van der Waals surface area (Å²) in [5, 5.41) is 1.17. The van der Waals surface area contributed by atoms with E-state index in [9.17, 15) is 0 Å². The fourth-order valence-electron chi connectivity index (χ4n) is 1.91. The summed E-state index contributed by atoms with van der Waals surface area (Å²) in [5.41, 5.74) is 8.01. The largest absolute Gasteiger partial charge is 0.330 e. The van der Waals surface area contributed by atoms with E-state index in [0.29, 0.717) is 12.5 Å². The van der Waals surface area contributed by atoms with Gasteiger partial charge in [-0.3, -0.25) is 0 Å². The van der Waals surface area contributed by atoms with E-state index in [1.807, 2.05) is 18.2 Å². The Hall–Kier alpha value is -0.930. The highest BCUT2D eigenvalue weighted by Crippen LogP contribution is 2.28. The Morgan fingerprint density at radius 1 is 1.38 bits per heavy atom. The van der Waals surface area contributed by atoms with Gasteiger partial charge in [0.1, 0.15) is 4.60 Å². The third-order valence-electron chi connectivity index (χ3n) is 2.92. The lowest BCUT2D eigenvalue weighted by Crippen LogP contribution is -2.12. The Kier molecular flexibility index (Phi) is 3.56. The molecular weight excluding hydrogens is 264 g/mol. The molecule has 16 heavy (non-hydrogen) atoms. The van der Waals surface area contributed by atoms with Crippen LogP contribution in [0.1, 0.15) is 24.8 Å². The first kappa shape index (κ1) is 11.6. The van der Waals surface area contributed by atoms with Crippen molar-refractivity contribution in [1.82, 2.24) is 4.98 Å². The van der Waals surface area contributed by atoms with Crippen LogP contribution in [-0.4, -0.2) is 11.5 Å². The highest BCUT2D eigenvalue weighted by atomic mass is 79.9. The first-order chi connectivity index (χ1) is 7.76. The Morgan fingerprint density at radius 2 is 2.12 bits per heavy atom. The number of hydrogen-bond acceptors (Lipinski definition) is 2. The summed E-state index contributed by atoms with van der Waals surface area (Å²) < 4.78 is 0.920. The molecule has 0 aliphatic carbocycles. The molecule has 1 aromatic carbocycles. The van der Waals surface area contributed by atoms with Gasteiger partial charge < -0.3 is 5.73 Å². The number of nitrogens with two attached hydrogens (primary N) is 1. The smallest absolute Gasteiger partial charge is 0.110 e. The lowest BCUT2D eigenvalue weighted by Gasteiger charge is -2.14. The number of fused-ring (bicyclic) bond motifs is 1. The quantitative estimate of drug-likeness (QED) is 0.874. The van der Waals surface area contributed by atoms with Crippen LogP contribution in [0.5, 0.6) is 0 Å². The standard InChI is InChI=1S/C13H15BrN2/c1-2-9(8-15)11-7-10-5-3-4-6-12(10)16-13(11)14/h3-7,9H,2,8,15H2,1H3. The average Bonchev–Trinajstić information content (AvgIpc) is 2.31. The number of rotatable bonds is 3. The van der Waals surface area contributed by atoms with Gasteiger partial charge in [0, 0.05) is 5.39 Å². The van der Waals surface area contributed by atoms with Crippen LogP contribution in [0.2, 0.25) is 0 Å². The number of aromatic nitrogens is 1. The zero-order valence-electron chi connectivity index (χ0n) is 9.28. The van der Waals surface area contributed by atoms with Gasteiger partial charge in [-0.1, -0.05) is 25.1 Å². The van der Waals surface area contributed by atoms with Crippen molar-refractivity contribution in [3.05, 3.63) is 40.5 Å². The molecule has 2 aromatic rings. The number of pyridine rings is 1. The molecule has 0 radical (unpaired) electrons. The van der Waals surface area contributed by atoms with Crippen molar-refractivity contribution in [3.8, 4) is 0 Å². The van der Waals surface area contributed by atoms with Crippen LogP contribution in [-0.2, 0) is 0 Å². The van der Waals surface area contributed by atoms with E-state index in [2.05, 4.69) is 40.0 Å². The van der Waals surface area contributed by atoms with Crippen LogP contribution in [0.25, 0.3) is 10.9 Å².